The molecular weight excluding hydrogens is 294 g/mol. The van der Waals surface area contributed by atoms with Gasteiger partial charge in [-0.2, -0.15) is 0 Å². The van der Waals surface area contributed by atoms with Crippen molar-refractivity contribution in [1.82, 2.24) is 0 Å². The third-order valence-corrected chi connectivity index (χ3v) is 3.59. The van der Waals surface area contributed by atoms with Crippen molar-refractivity contribution in [2.24, 2.45) is 4.99 Å². The Kier molecular flexibility index (Phi) is 5.07. The molecule has 2 heteroatoms. The molecule has 120 valence electrons. The van der Waals surface area contributed by atoms with Crippen LogP contribution in [0.5, 0.6) is 5.75 Å². The number of nitrogens with zero attached hydrogens (tertiary/aromatic N) is 1. The minimum Gasteiger partial charge on any atom is -0.490 e. The number of ether oxygens (including phenoxy) is 1. The third kappa shape index (κ3) is 3.90. The maximum Gasteiger partial charge on any atom is 0.136 e. The van der Waals surface area contributed by atoms with Crippen molar-refractivity contribution in [2.75, 3.05) is 0 Å². The zero-order chi connectivity index (χ0) is 16.8. The van der Waals surface area contributed by atoms with E-state index in [4.69, 9.17) is 4.74 Å². The summed E-state index contributed by atoms with van der Waals surface area (Å²) in [6.07, 6.45) is 1.97. The van der Waals surface area contributed by atoms with E-state index >= 15 is 0 Å². The lowest BCUT2D eigenvalue weighted by molar-refractivity contribution is 0.243. The highest BCUT2D eigenvalue weighted by molar-refractivity contribution is 5.90. The predicted molar refractivity (Wildman–Crippen MR) is 101 cm³/mol. The van der Waals surface area contributed by atoms with Crippen molar-refractivity contribution in [1.29, 1.82) is 0 Å². The zero-order valence-corrected chi connectivity index (χ0v) is 14.0. The molecule has 0 aliphatic rings. The second kappa shape index (κ2) is 7.60. The van der Waals surface area contributed by atoms with Crippen molar-refractivity contribution < 1.29 is 4.74 Å². The van der Waals surface area contributed by atoms with Gasteiger partial charge < -0.3 is 4.74 Å². The SMILES string of the molecule is CC(C)Oc1c(/C=N/c2ccccc2)cccc1-c1ccccc1. The Bertz CT molecular complexity index is 808. The fourth-order valence-electron chi connectivity index (χ4n) is 2.53. The van der Waals surface area contributed by atoms with Crippen LogP contribution in [0.25, 0.3) is 11.1 Å². The molecule has 3 aromatic carbocycles. The van der Waals surface area contributed by atoms with Gasteiger partial charge in [0, 0.05) is 17.3 Å². The van der Waals surface area contributed by atoms with Crippen molar-refractivity contribution in [3.63, 3.8) is 0 Å². The summed E-state index contributed by atoms with van der Waals surface area (Å²) >= 11 is 0. The van der Waals surface area contributed by atoms with Crippen LogP contribution < -0.4 is 4.74 Å². The van der Waals surface area contributed by atoms with Crippen molar-refractivity contribution in [3.05, 3.63) is 84.4 Å². The number of hydrogen-bond acceptors (Lipinski definition) is 2. The number of aliphatic imine (C=N–C) groups is 1. The molecule has 24 heavy (non-hydrogen) atoms. The molecule has 0 saturated heterocycles. The summed E-state index contributed by atoms with van der Waals surface area (Å²) < 4.78 is 6.13. The van der Waals surface area contributed by atoms with Crippen LogP contribution in [-0.4, -0.2) is 12.3 Å². The van der Waals surface area contributed by atoms with Gasteiger partial charge in [0.05, 0.1) is 11.8 Å². The fourth-order valence-corrected chi connectivity index (χ4v) is 2.53. The Morgan fingerprint density at radius 2 is 1.46 bits per heavy atom. The molecule has 0 fully saturated rings. The first-order valence-corrected chi connectivity index (χ1v) is 8.18. The highest BCUT2D eigenvalue weighted by atomic mass is 16.5. The molecule has 0 aliphatic heterocycles. The van der Waals surface area contributed by atoms with E-state index in [1.165, 1.54) is 0 Å². The maximum absolute atomic E-state index is 6.13. The van der Waals surface area contributed by atoms with E-state index in [1.807, 2.05) is 80.7 Å². The molecule has 0 amide bonds. The molecule has 0 aliphatic carbocycles. The van der Waals surface area contributed by atoms with Crippen LogP contribution in [0.15, 0.2) is 83.9 Å². The van der Waals surface area contributed by atoms with Gasteiger partial charge in [0.2, 0.25) is 0 Å². The summed E-state index contributed by atoms with van der Waals surface area (Å²) in [6.45, 7) is 4.08. The van der Waals surface area contributed by atoms with Crippen LogP contribution in [0.3, 0.4) is 0 Å². The Labute approximate surface area is 143 Å². The van der Waals surface area contributed by atoms with E-state index in [2.05, 4.69) is 23.2 Å². The molecule has 0 saturated carbocycles. The van der Waals surface area contributed by atoms with Crippen molar-refractivity contribution in [3.8, 4) is 16.9 Å². The van der Waals surface area contributed by atoms with Crippen LogP contribution in [0.1, 0.15) is 19.4 Å². The van der Waals surface area contributed by atoms with Gasteiger partial charge in [-0.15, -0.1) is 0 Å². The number of hydrogen-bond donors (Lipinski definition) is 0. The Morgan fingerprint density at radius 1 is 0.792 bits per heavy atom. The van der Waals surface area contributed by atoms with Crippen molar-refractivity contribution >= 4 is 11.9 Å². The molecule has 0 atom stereocenters. The molecule has 3 aromatic rings. The Morgan fingerprint density at radius 3 is 2.12 bits per heavy atom. The smallest absolute Gasteiger partial charge is 0.136 e. The van der Waals surface area contributed by atoms with Crippen LogP contribution in [0.4, 0.5) is 5.69 Å². The molecule has 0 aromatic heterocycles. The Hall–Kier alpha value is -2.87. The zero-order valence-electron chi connectivity index (χ0n) is 14.0. The van der Waals surface area contributed by atoms with E-state index < -0.39 is 0 Å². The van der Waals surface area contributed by atoms with Gasteiger partial charge in [0.15, 0.2) is 0 Å². The van der Waals surface area contributed by atoms with E-state index in [0.29, 0.717) is 0 Å². The fraction of sp³-hybridized carbons (Fsp3) is 0.136. The monoisotopic (exact) mass is 315 g/mol. The summed E-state index contributed by atoms with van der Waals surface area (Å²) in [4.78, 5) is 4.57. The lowest BCUT2D eigenvalue weighted by Gasteiger charge is -2.17. The van der Waals surface area contributed by atoms with E-state index in [9.17, 15) is 0 Å². The average Bonchev–Trinajstić information content (AvgIpc) is 2.62. The minimum absolute atomic E-state index is 0.0961. The summed E-state index contributed by atoms with van der Waals surface area (Å²) in [7, 11) is 0. The summed E-state index contributed by atoms with van der Waals surface area (Å²) in [5.41, 5.74) is 4.14. The second-order valence-electron chi connectivity index (χ2n) is 5.85. The van der Waals surface area contributed by atoms with Gasteiger partial charge in [-0.05, 0) is 37.6 Å². The van der Waals surface area contributed by atoms with Gasteiger partial charge in [-0.3, -0.25) is 4.99 Å². The highest BCUT2D eigenvalue weighted by Gasteiger charge is 2.12. The number of rotatable bonds is 5. The summed E-state index contributed by atoms with van der Waals surface area (Å²) in [5.74, 6) is 0.874. The van der Waals surface area contributed by atoms with E-state index in [-0.39, 0.29) is 6.10 Å². The van der Waals surface area contributed by atoms with Crippen LogP contribution in [0.2, 0.25) is 0 Å². The molecule has 0 unspecified atom stereocenters. The predicted octanol–water partition coefficient (Wildman–Crippen LogP) is 5.89. The largest absolute Gasteiger partial charge is 0.490 e. The molecule has 0 spiro atoms. The lowest BCUT2D eigenvalue weighted by Crippen LogP contribution is -2.08. The third-order valence-electron chi connectivity index (χ3n) is 3.59. The summed E-state index contributed by atoms with van der Waals surface area (Å²) in [6, 6.07) is 26.4. The molecule has 2 nitrogen and oxygen atoms in total. The normalized spacial score (nSPS) is 11.1. The molecule has 0 heterocycles. The molecule has 3 rings (SSSR count). The molecule has 0 bridgehead atoms. The lowest BCUT2D eigenvalue weighted by atomic mass is 10.0. The minimum atomic E-state index is 0.0961. The van der Waals surface area contributed by atoms with E-state index in [1.54, 1.807) is 0 Å². The Balaban J connectivity index is 2.04. The van der Waals surface area contributed by atoms with Crippen LogP contribution in [-0.2, 0) is 0 Å². The number of benzene rings is 3. The van der Waals surface area contributed by atoms with Crippen LogP contribution >= 0.6 is 0 Å². The second-order valence-corrected chi connectivity index (χ2v) is 5.85. The van der Waals surface area contributed by atoms with E-state index in [0.717, 1.165) is 28.1 Å². The highest BCUT2D eigenvalue weighted by Crippen LogP contribution is 2.33. The first-order chi connectivity index (χ1) is 11.7. The number of para-hydroxylation sites is 2. The van der Waals surface area contributed by atoms with Gasteiger partial charge in [0.25, 0.3) is 0 Å². The average molecular weight is 315 g/mol. The summed E-state index contributed by atoms with van der Waals surface area (Å²) in [5, 5.41) is 0. The molecular formula is C22H21NO. The topological polar surface area (TPSA) is 21.6 Å². The standard InChI is InChI=1S/C22H21NO/c1-17(2)24-22-19(16-23-20-13-7-4-8-14-20)12-9-15-21(22)18-10-5-3-6-11-18/h3-17H,1-2H3/b23-16+. The maximum atomic E-state index is 6.13. The van der Waals surface area contributed by atoms with Crippen molar-refractivity contribution in [2.45, 2.75) is 20.0 Å². The first-order valence-electron chi connectivity index (χ1n) is 8.18. The molecule has 0 N–H and O–H groups in total. The van der Waals surface area contributed by atoms with Gasteiger partial charge in [0.1, 0.15) is 5.75 Å². The quantitative estimate of drug-likeness (QED) is 0.538. The van der Waals surface area contributed by atoms with Gasteiger partial charge >= 0.3 is 0 Å². The van der Waals surface area contributed by atoms with Crippen LogP contribution in [0, 0.1) is 0 Å². The van der Waals surface area contributed by atoms with Gasteiger partial charge in [-0.1, -0.05) is 60.7 Å². The molecule has 0 radical (unpaired) electrons. The first kappa shape index (κ1) is 16.0. The van der Waals surface area contributed by atoms with Gasteiger partial charge in [-0.25, -0.2) is 0 Å².